The average molecular weight is 414 g/mol. The van der Waals surface area contributed by atoms with Gasteiger partial charge in [0.15, 0.2) is 17.2 Å². The molecule has 0 bridgehead atoms. The van der Waals surface area contributed by atoms with Gasteiger partial charge in [0.05, 0.1) is 17.9 Å². The highest BCUT2D eigenvalue weighted by Crippen LogP contribution is 2.34. The van der Waals surface area contributed by atoms with Crippen LogP contribution in [0.1, 0.15) is 12.5 Å². The topological polar surface area (TPSA) is 51.1 Å². The highest BCUT2D eigenvalue weighted by Gasteiger charge is 2.46. The molecule has 1 aliphatic rings. The van der Waals surface area contributed by atoms with Crippen molar-refractivity contribution < 1.29 is 27.4 Å². The van der Waals surface area contributed by atoms with Crippen LogP contribution in [0.15, 0.2) is 59.2 Å². The van der Waals surface area contributed by atoms with Gasteiger partial charge in [-0.3, -0.25) is 4.79 Å². The second-order valence-electron chi connectivity index (χ2n) is 6.09. The Hall–Kier alpha value is -3.73. The predicted octanol–water partition coefficient (Wildman–Crippen LogP) is 4.45. The molecule has 0 aromatic heterocycles. The lowest BCUT2D eigenvalue weighted by atomic mass is 10.1. The van der Waals surface area contributed by atoms with Crippen LogP contribution >= 0.6 is 0 Å². The minimum atomic E-state index is -4.80. The molecule has 1 amide bonds. The van der Waals surface area contributed by atoms with Crippen LogP contribution in [0.4, 0.5) is 18.9 Å². The molecule has 8 heteroatoms. The third kappa shape index (κ3) is 4.46. The highest BCUT2D eigenvalue weighted by molar-refractivity contribution is 6.34. The molecule has 0 radical (unpaired) electrons. The summed E-state index contributed by atoms with van der Waals surface area (Å²) in [5.41, 5.74) is -1.27. The molecule has 1 aliphatic heterocycles. The van der Waals surface area contributed by atoms with Gasteiger partial charge in [0, 0.05) is 0 Å². The molecule has 2 aromatic rings. The first kappa shape index (κ1) is 21.0. The second kappa shape index (κ2) is 8.74. The fraction of sp³-hybridized carbons (Fsp3) is 0.182. The summed E-state index contributed by atoms with van der Waals surface area (Å²) in [6, 6.07) is 12.4. The van der Waals surface area contributed by atoms with Crippen LogP contribution in [-0.4, -0.2) is 31.0 Å². The number of halogens is 3. The summed E-state index contributed by atoms with van der Waals surface area (Å²) in [6.45, 7) is 2.07. The van der Waals surface area contributed by atoms with Crippen LogP contribution in [0.3, 0.4) is 0 Å². The number of nitrogens with zero attached hydrogens (tertiary/aromatic N) is 2. The van der Waals surface area contributed by atoms with Crippen molar-refractivity contribution in [1.29, 1.82) is 0 Å². The summed E-state index contributed by atoms with van der Waals surface area (Å²) in [7, 11) is 0. The van der Waals surface area contributed by atoms with E-state index in [1.165, 1.54) is 30.3 Å². The van der Waals surface area contributed by atoms with E-state index in [4.69, 9.17) is 15.9 Å². The summed E-state index contributed by atoms with van der Waals surface area (Å²) in [5.74, 6) is 2.11. The first-order chi connectivity index (χ1) is 14.3. The van der Waals surface area contributed by atoms with Gasteiger partial charge in [0.25, 0.3) is 5.91 Å². The number of terminal acetylenes is 1. The summed E-state index contributed by atoms with van der Waals surface area (Å²) in [5, 5.41) is 4.27. The van der Waals surface area contributed by atoms with E-state index in [2.05, 4.69) is 11.0 Å². The Labute approximate surface area is 171 Å². The van der Waals surface area contributed by atoms with Gasteiger partial charge in [-0.05, 0) is 42.8 Å². The number of hydrogen-bond acceptors (Lipinski definition) is 4. The van der Waals surface area contributed by atoms with Gasteiger partial charge in [0.2, 0.25) is 0 Å². The van der Waals surface area contributed by atoms with Gasteiger partial charge in [-0.25, -0.2) is 0 Å². The van der Waals surface area contributed by atoms with E-state index < -0.39 is 23.4 Å². The van der Waals surface area contributed by atoms with E-state index in [1.807, 2.05) is 0 Å². The van der Waals surface area contributed by atoms with E-state index >= 15 is 0 Å². The maximum Gasteiger partial charge on any atom is 0.435 e. The molecular weight excluding hydrogens is 397 g/mol. The van der Waals surface area contributed by atoms with E-state index in [-0.39, 0.29) is 12.3 Å². The smallest absolute Gasteiger partial charge is 0.435 e. The standard InChI is InChI=1S/C22H17F3N2O3/c1-3-12-30-18-11-10-15(14-19(18)29-4-2)13-17-20(22(23,24)25)26-27(21(17)28)16-8-6-5-7-9-16/h1,5-11,13-14H,4,12H2,2H3/b17-13-. The SMILES string of the molecule is C#CCOc1ccc(/C=C2\C(=O)N(c3ccccc3)N=C2C(F)(F)F)cc1OCC. The number of carbonyl (C=O) groups excluding carboxylic acids is 1. The van der Waals surface area contributed by atoms with Crippen molar-refractivity contribution in [1.82, 2.24) is 0 Å². The number of amides is 1. The van der Waals surface area contributed by atoms with E-state index in [1.54, 1.807) is 25.1 Å². The van der Waals surface area contributed by atoms with E-state index in [0.29, 0.717) is 23.7 Å². The molecule has 154 valence electrons. The monoisotopic (exact) mass is 414 g/mol. The van der Waals surface area contributed by atoms with Crippen molar-refractivity contribution in [3.8, 4) is 23.8 Å². The Balaban J connectivity index is 2.02. The van der Waals surface area contributed by atoms with Crippen LogP contribution in [0.2, 0.25) is 0 Å². The number of rotatable bonds is 6. The number of benzene rings is 2. The lowest BCUT2D eigenvalue weighted by Crippen LogP contribution is -2.25. The van der Waals surface area contributed by atoms with Gasteiger partial charge in [0.1, 0.15) is 6.61 Å². The fourth-order valence-electron chi connectivity index (χ4n) is 2.79. The lowest BCUT2D eigenvalue weighted by molar-refractivity contribution is -0.114. The highest BCUT2D eigenvalue weighted by atomic mass is 19.4. The molecule has 0 N–H and O–H groups in total. The van der Waals surface area contributed by atoms with E-state index in [0.717, 1.165) is 11.1 Å². The van der Waals surface area contributed by atoms with Gasteiger partial charge in [-0.2, -0.15) is 23.3 Å². The Morgan fingerprint density at radius 1 is 1.13 bits per heavy atom. The van der Waals surface area contributed by atoms with Crippen LogP contribution in [0.25, 0.3) is 6.08 Å². The number of para-hydroxylation sites is 1. The molecule has 3 rings (SSSR count). The number of anilines is 1. The normalized spacial score (nSPS) is 15.2. The van der Waals surface area contributed by atoms with E-state index in [9.17, 15) is 18.0 Å². The van der Waals surface area contributed by atoms with Gasteiger partial charge < -0.3 is 9.47 Å². The zero-order valence-corrected chi connectivity index (χ0v) is 15.9. The number of carbonyl (C=O) groups is 1. The van der Waals surface area contributed by atoms with Crippen molar-refractivity contribution in [2.75, 3.05) is 18.2 Å². The molecule has 0 saturated carbocycles. The fourth-order valence-corrected chi connectivity index (χ4v) is 2.79. The van der Waals surface area contributed by atoms with Gasteiger partial charge in [-0.1, -0.05) is 30.2 Å². The number of ether oxygens (including phenoxy) is 2. The van der Waals surface area contributed by atoms with Crippen molar-refractivity contribution >= 4 is 23.4 Å². The number of hydrazone groups is 1. The number of alkyl halides is 3. The zero-order chi connectivity index (χ0) is 21.7. The van der Waals surface area contributed by atoms with Crippen molar-refractivity contribution in [3.63, 3.8) is 0 Å². The third-order valence-electron chi connectivity index (χ3n) is 4.04. The summed E-state index contributed by atoms with van der Waals surface area (Å²) in [6.07, 6.45) is 1.51. The summed E-state index contributed by atoms with van der Waals surface area (Å²) >= 11 is 0. The van der Waals surface area contributed by atoms with Crippen LogP contribution in [0, 0.1) is 12.3 Å². The third-order valence-corrected chi connectivity index (χ3v) is 4.04. The Bertz CT molecular complexity index is 1040. The maximum atomic E-state index is 13.6. The molecule has 0 saturated heterocycles. The molecule has 5 nitrogen and oxygen atoms in total. The minimum Gasteiger partial charge on any atom is -0.490 e. The zero-order valence-electron chi connectivity index (χ0n) is 15.9. The van der Waals surface area contributed by atoms with Crippen molar-refractivity contribution in [3.05, 3.63) is 59.7 Å². The quantitative estimate of drug-likeness (QED) is 0.519. The van der Waals surface area contributed by atoms with Crippen molar-refractivity contribution in [2.45, 2.75) is 13.1 Å². The second-order valence-corrected chi connectivity index (χ2v) is 6.09. The van der Waals surface area contributed by atoms with Gasteiger partial charge >= 0.3 is 6.18 Å². The van der Waals surface area contributed by atoms with Crippen LogP contribution in [-0.2, 0) is 4.79 Å². The summed E-state index contributed by atoms with van der Waals surface area (Å²) in [4.78, 5) is 12.8. The minimum absolute atomic E-state index is 0.00983. The lowest BCUT2D eigenvalue weighted by Gasteiger charge is -2.12. The van der Waals surface area contributed by atoms with Crippen LogP contribution < -0.4 is 14.5 Å². The first-order valence-electron chi connectivity index (χ1n) is 8.95. The Kier molecular flexibility index (Phi) is 6.11. The van der Waals surface area contributed by atoms with Crippen LogP contribution in [0.5, 0.6) is 11.5 Å². The largest absolute Gasteiger partial charge is 0.490 e. The molecular formula is C22H17F3N2O3. The number of hydrogen-bond donors (Lipinski definition) is 0. The maximum absolute atomic E-state index is 13.6. The molecule has 0 unspecified atom stereocenters. The predicted molar refractivity (Wildman–Crippen MR) is 107 cm³/mol. The Morgan fingerprint density at radius 3 is 2.50 bits per heavy atom. The first-order valence-corrected chi connectivity index (χ1v) is 8.95. The van der Waals surface area contributed by atoms with Crippen molar-refractivity contribution in [2.24, 2.45) is 5.10 Å². The molecule has 0 atom stereocenters. The molecule has 2 aromatic carbocycles. The molecule has 30 heavy (non-hydrogen) atoms. The molecule has 1 heterocycles. The molecule has 0 fully saturated rings. The summed E-state index contributed by atoms with van der Waals surface area (Å²) < 4.78 is 51.6. The average Bonchev–Trinajstić information content (AvgIpc) is 3.05. The van der Waals surface area contributed by atoms with Gasteiger partial charge in [-0.15, -0.1) is 6.42 Å². The molecule has 0 aliphatic carbocycles. The Morgan fingerprint density at radius 2 is 1.87 bits per heavy atom. The molecule has 0 spiro atoms.